The molecule has 5 heteroatoms. The Morgan fingerprint density at radius 2 is 2.09 bits per heavy atom. The SMILES string of the molecule is Cc1cc(SCC(=O)NCc2ccco2)nc2c(C)cccc12. The van der Waals surface area contributed by atoms with Crippen LogP contribution in [0.5, 0.6) is 0 Å². The Morgan fingerprint density at radius 3 is 2.87 bits per heavy atom. The number of nitrogens with zero attached hydrogens (tertiary/aromatic N) is 1. The summed E-state index contributed by atoms with van der Waals surface area (Å²) >= 11 is 1.45. The highest BCUT2D eigenvalue weighted by molar-refractivity contribution is 7.99. The molecule has 0 fully saturated rings. The van der Waals surface area contributed by atoms with Crippen molar-refractivity contribution in [1.82, 2.24) is 10.3 Å². The zero-order valence-electron chi connectivity index (χ0n) is 13.1. The maximum atomic E-state index is 11.9. The second kappa shape index (κ2) is 6.87. The van der Waals surface area contributed by atoms with Crippen molar-refractivity contribution in [2.75, 3.05) is 5.75 Å². The Bertz CT molecular complexity index is 828. The van der Waals surface area contributed by atoms with E-state index in [2.05, 4.69) is 36.3 Å². The maximum absolute atomic E-state index is 11.9. The van der Waals surface area contributed by atoms with E-state index >= 15 is 0 Å². The number of rotatable bonds is 5. The third-order valence-electron chi connectivity index (χ3n) is 3.62. The number of amides is 1. The van der Waals surface area contributed by atoms with Crippen LogP contribution in [0.2, 0.25) is 0 Å². The van der Waals surface area contributed by atoms with Gasteiger partial charge in [0, 0.05) is 5.39 Å². The van der Waals surface area contributed by atoms with E-state index in [1.165, 1.54) is 17.3 Å². The lowest BCUT2D eigenvalue weighted by Crippen LogP contribution is -2.24. The first-order valence-corrected chi connectivity index (χ1v) is 8.41. The normalized spacial score (nSPS) is 10.9. The summed E-state index contributed by atoms with van der Waals surface area (Å²) in [6, 6.07) is 11.9. The first-order chi connectivity index (χ1) is 11.1. The monoisotopic (exact) mass is 326 g/mol. The molecule has 0 saturated carbocycles. The van der Waals surface area contributed by atoms with Crippen LogP contribution in [-0.4, -0.2) is 16.6 Å². The number of aromatic nitrogens is 1. The zero-order valence-corrected chi connectivity index (χ0v) is 13.9. The minimum atomic E-state index is -0.0317. The Balaban J connectivity index is 1.65. The van der Waals surface area contributed by atoms with E-state index < -0.39 is 0 Å². The lowest BCUT2D eigenvalue weighted by Gasteiger charge is -2.08. The summed E-state index contributed by atoms with van der Waals surface area (Å²) in [5.74, 6) is 1.05. The summed E-state index contributed by atoms with van der Waals surface area (Å²) in [6.07, 6.45) is 1.60. The van der Waals surface area contributed by atoms with Gasteiger partial charge in [0.2, 0.25) is 5.91 Å². The van der Waals surface area contributed by atoms with Crippen molar-refractivity contribution in [3.63, 3.8) is 0 Å². The fourth-order valence-corrected chi connectivity index (χ4v) is 3.19. The summed E-state index contributed by atoms with van der Waals surface area (Å²) in [5.41, 5.74) is 3.33. The molecule has 1 amide bonds. The third-order valence-corrected chi connectivity index (χ3v) is 4.53. The van der Waals surface area contributed by atoms with E-state index in [1.54, 1.807) is 12.3 Å². The molecular formula is C18H18N2O2S. The van der Waals surface area contributed by atoms with Gasteiger partial charge in [0.15, 0.2) is 0 Å². The van der Waals surface area contributed by atoms with Gasteiger partial charge in [-0.15, -0.1) is 0 Å². The van der Waals surface area contributed by atoms with Gasteiger partial charge in [0.05, 0.1) is 29.1 Å². The number of pyridine rings is 1. The van der Waals surface area contributed by atoms with E-state index in [0.717, 1.165) is 27.3 Å². The number of para-hydroxylation sites is 1. The molecule has 0 atom stereocenters. The first kappa shape index (κ1) is 15.6. The Hall–Kier alpha value is -2.27. The van der Waals surface area contributed by atoms with Gasteiger partial charge in [0.25, 0.3) is 0 Å². The molecule has 3 rings (SSSR count). The second-order valence-corrected chi connectivity index (χ2v) is 6.39. The van der Waals surface area contributed by atoms with Crippen molar-refractivity contribution in [3.05, 3.63) is 59.5 Å². The topological polar surface area (TPSA) is 55.1 Å². The maximum Gasteiger partial charge on any atom is 0.230 e. The van der Waals surface area contributed by atoms with Crippen LogP contribution in [0.3, 0.4) is 0 Å². The molecule has 0 aliphatic heterocycles. The van der Waals surface area contributed by atoms with Gasteiger partial charge < -0.3 is 9.73 Å². The quantitative estimate of drug-likeness (QED) is 0.724. The number of furan rings is 1. The van der Waals surface area contributed by atoms with Crippen LogP contribution < -0.4 is 5.32 Å². The predicted octanol–water partition coefficient (Wildman–Crippen LogP) is 3.85. The van der Waals surface area contributed by atoms with Crippen molar-refractivity contribution in [2.45, 2.75) is 25.4 Å². The minimum Gasteiger partial charge on any atom is -0.467 e. The number of benzene rings is 1. The third kappa shape index (κ3) is 3.74. The smallest absolute Gasteiger partial charge is 0.230 e. The van der Waals surface area contributed by atoms with Gasteiger partial charge in [0.1, 0.15) is 5.76 Å². The van der Waals surface area contributed by atoms with Crippen LogP contribution in [0.25, 0.3) is 10.9 Å². The molecule has 1 N–H and O–H groups in total. The summed E-state index contributed by atoms with van der Waals surface area (Å²) in [5, 5.41) is 4.87. The standard InChI is InChI=1S/C18H18N2O2S/c1-12-5-3-7-15-13(2)9-17(20-18(12)15)23-11-16(21)19-10-14-6-4-8-22-14/h3-9H,10-11H2,1-2H3,(H,19,21). The van der Waals surface area contributed by atoms with Gasteiger partial charge >= 0.3 is 0 Å². The highest BCUT2D eigenvalue weighted by Gasteiger charge is 2.08. The van der Waals surface area contributed by atoms with Gasteiger partial charge in [-0.3, -0.25) is 4.79 Å². The van der Waals surface area contributed by atoms with Gasteiger partial charge in [-0.1, -0.05) is 30.0 Å². The Morgan fingerprint density at radius 1 is 1.22 bits per heavy atom. The van der Waals surface area contributed by atoms with Crippen LogP contribution in [-0.2, 0) is 11.3 Å². The van der Waals surface area contributed by atoms with Crippen molar-refractivity contribution in [3.8, 4) is 0 Å². The highest BCUT2D eigenvalue weighted by atomic mass is 32.2. The Kier molecular flexibility index (Phi) is 4.67. The minimum absolute atomic E-state index is 0.0317. The number of thioether (sulfide) groups is 1. The summed E-state index contributed by atoms with van der Waals surface area (Å²) in [6.45, 7) is 4.54. The predicted molar refractivity (Wildman–Crippen MR) is 92.5 cm³/mol. The van der Waals surface area contributed by atoms with Gasteiger partial charge in [-0.05, 0) is 43.2 Å². The molecule has 118 valence electrons. The van der Waals surface area contributed by atoms with E-state index in [4.69, 9.17) is 4.42 Å². The molecule has 2 heterocycles. The second-order valence-electron chi connectivity index (χ2n) is 5.39. The highest BCUT2D eigenvalue weighted by Crippen LogP contribution is 2.25. The average Bonchev–Trinajstić information content (AvgIpc) is 3.05. The van der Waals surface area contributed by atoms with Gasteiger partial charge in [-0.25, -0.2) is 4.98 Å². The van der Waals surface area contributed by atoms with E-state index in [9.17, 15) is 4.79 Å². The number of aryl methyl sites for hydroxylation is 2. The molecule has 4 nitrogen and oxygen atoms in total. The van der Waals surface area contributed by atoms with Crippen LogP contribution in [0.1, 0.15) is 16.9 Å². The van der Waals surface area contributed by atoms with E-state index in [1.807, 2.05) is 18.2 Å². The molecule has 1 aromatic carbocycles. The number of fused-ring (bicyclic) bond motifs is 1. The lowest BCUT2D eigenvalue weighted by atomic mass is 10.1. The molecule has 3 aromatic rings. The number of hydrogen-bond acceptors (Lipinski definition) is 4. The van der Waals surface area contributed by atoms with Crippen LogP contribution in [0, 0.1) is 13.8 Å². The van der Waals surface area contributed by atoms with Crippen molar-refractivity contribution < 1.29 is 9.21 Å². The van der Waals surface area contributed by atoms with Crippen LogP contribution in [0.4, 0.5) is 0 Å². The summed E-state index contributed by atoms with van der Waals surface area (Å²) in [4.78, 5) is 16.6. The molecular weight excluding hydrogens is 308 g/mol. The summed E-state index contributed by atoms with van der Waals surface area (Å²) < 4.78 is 5.19. The van der Waals surface area contributed by atoms with Crippen LogP contribution in [0.15, 0.2) is 52.1 Å². The van der Waals surface area contributed by atoms with Crippen molar-refractivity contribution in [2.24, 2.45) is 0 Å². The average molecular weight is 326 g/mol. The summed E-state index contributed by atoms with van der Waals surface area (Å²) in [7, 11) is 0. The van der Waals surface area contributed by atoms with E-state index in [-0.39, 0.29) is 5.91 Å². The number of nitrogens with one attached hydrogen (secondary N) is 1. The van der Waals surface area contributed by atoms with E-state index in [0.29, 0.717) is 12.3 Å². The molecule has 0 spiro atoms. The number of carbonyl (C=O) groups is 1. The molecule has 0 aliphatic rings. The largest absolute Gasteiger partial charge is 0.467 e. The molecule has 0 aliphatic carbocycles. The first-order valence-electron chi connectivity index (χ1n) is 7.42. The molecule has 0 bridgehead atoms. The molecule has 0 radical (unpaired) electrons. The lowest BCUT2D eigenvalue weighted by molar-refractivity contribution is -0.118. The number of hydrogen-bond donors (Lipinski definition) is 1. The number of carbonyl (C=O) groups excluding carboxylic acids is 1. The van der Waals surface area contributed by atoms with Gasteiger partial charge in [-0.2, -0.15) is 0 Å². The van der Waals surface area contributed by atoms with Crippen molar-refractivity contribution in [1.29, 1.82) is 0 Å². The fourth-order valence-electron chi connectivity index (χ4n) is 2.39. The van der Waals surface area contributed by atoms with Crippen molar-refractivity contribution >= 4 is 28.6 Å². The van der Waals surface area contributed by atoms with Crippen LogP contribution >= 0.6 is 11.8 Å². The molecule has 0 unspecified atom stereocenters. The molecule has 23 heavy (non-hydrogen) atoms. The fraction of sp³-hybridized carbons (Fsp3) is 0.222. The Labute approximate surface area is 139 Å². The zero-order chi connectivity index (χ0) is 16.2. The molecule has 2 aromatic heterocycles. The molecule has 0 saturated heterocycles.